The van der Waals surface area contributed by atoms with E-state index in [0.29, 0.717) is 12.0 Å². The predicted molar refractivity (Wildman–Crippen MR) is 155 cm³/mol. The van der Waals surface area contributed by atoms with E-state index < -0.39 is 0 Å². The number of ketones is 1. The molecule has 1 aromatic carbocycles. The summed E-state index contributed by atoms with van der Waals surface area (Å²) in [5.74, 6) is 3.22. The van der Waals surface area contributed by atoms with Crippen LogP contribution in [0.5, 0.6) is 0 Å². The number of allylic oxidation sites excluding steroid dienone is 5. The van der Waals surface area contributed by atoms with Gasteiger partial charge in [0.05, 0.1) is 0 Å². The molecule has 1 saturated carbocycles. The van der Waals surface area contributed by atoms with Gasteiger partial charge in [-0.15, -0.1) is 0 Å². The Kier molecular flexibility index (Phi) is 10.4. The van der Waals surface area contributed by atoms with Crippen molar-refractivity contribution in [2.75, 3.05) is 0 Å². The number of fused-ring (bicyclic) bond motifs is 1. The first-order chi connectivity index (χ1) is 18.4. The second-order valence-electron chi connectivity index (χ2n) is 11.9. The molecule has 0 aromatic heterocycles. The van der Waals surface area contributed by atoms with Gasteiger partial charge in [-0.3, -0.25) is 9.59 Å². The Labute approximate surface area is 229 Å². The third-order valence-corrected chi connectivity index (χ3v) is 9.08. The van der Waals surface area contributed by atoms with Gasteiger partial charge in [-0.25, -0.2) is 0 Å². The van der Waals surface area contributed by atoms with Gasteiger partial charge in [-0.05, 0) is 97.3 Å². The lowest BCUT2D eigenvalue weighted by molar-refractivity contribution is -0.115. The van der Waals surface area contributed by atoms with Crippen molar-refractivity contribution in [3.05, 3.63) is 70.5 Å². The average Bonchev–Trinajstić information content (AvgIpc) is 3.06. The Morgan fingerprint density at radius 2 is 1.87 bits per heavy atom. The number of amides is 1. The molecule has 0 heterocycles. The first-order valence-electron chi connectivity index (χ1n) is 15.1. The van der Waals surface area contributed by atoms with E-state index in [0.717, 1.165) is 67.6 Å². The molecule has 0 spiro atoms. The average molecular weight is 518 g/mol. The van der Waals surface area contributed by atoms with Crippen LogP contribution in [0, 0.1) is 17.8 Å². The predicted octanol–water partition coefficient (Wildman–Crippen LogP) is 7.80. The third-order valence-electron chi connectivity index (χ3n) is 9.08. The minimum atomic E-state index is -0.385. The van der Waals surface area contributed by atoms with E-state index in [9.17, 15) is 9.59 Å². The fraction of sp³-hybridized carbons (Fsp3) is 0.588. The Morgan fingerprint density at radius 3 is 2.68 bits per heavy atom. The molecule has 2 N–H and O–H groups in total. The van der Waals surface area contributed by atoms with Crippen molar-refractivity contribution in [3.8, 4) is 0 Å². The summed E-state index contributed by atoms with van der Waals surface area (Å²) in [4.78, 5) is 24.8. The Hall–Kier alpha value is -2.62. The lowest BCUT2D eigenvalue weighted by Gasteiger charge is -2.26. The largest absolute Gasteiger partial charge is 0.490 e. The highest BCUT2D eigenvalue weighted by molar-refractivity contribution is 5.95. The molecule has 4 unspecified atom stereocenters. The van der Waals surface area contributed by atoms with Crippen molar-refractivity contribution in [2.45, 2.75) is 110 Å². The smallest absolute Gasteiger partial charge is 0.248 e. The summed E-state index contributed by atoms with van der Waals surface area (Å²) in [7, 11) is 0. The summed E-state index contributed by atoms with van der Waals surface area (Å²) in [5, 5.41) is 0. The number of nitrogens with two attached hydrogens (primary N) is 1. The molecule has 1 fully saturated rings. The van der Waals surface area contributed by atoms with E-state index in [4.69, 9.17) is 10.5 Å². The molecule has 4 heteroatoms. The number of hydrogen-bond donors (Lipinski definition) is 1. The summed E-state index contributed by atoms with van der Waals surface area (Å²) < 4.78 is 6.43. The molecule has 4 atom stereocenters. The zero-order chi connectivity index (χ0) is 26.9. The molecule has 0 aliphatic heterocycles. The molecule has 4 nitrogen and oxygen atoms in total. The normalized spacial score (nSPS) is 25.7. The molecule has 1 aromatic rings. The van der Waals surface area contributed by atoms with Crippen LogP contribution < -0.4 is 5.73 Å². The van der Waals surface area contributed by atoms with E-state index in [1.807, 2.05) is 30.4 Å². The van der Waals surface area contributed by atoms with E-state index in [1.54, 1.807) is 6.07 Å². The molecule has 3 aliphatic rings. The van der Waals surface area contributed by atoms with Gasteiger partial charge >= 0.3 is 0 Å². The van der Waals surface area contributed by atoms with Crippen LogP contribution in [0.4, 0.5) is 0 Å². The molecular weight excluding hydrogens is 470 g/mol. The number of primary amides is 1. The Morgan fingerprint density at radius 1 is 1.03 bits per heavy atom. The monoisotopic (exact) mass is 517 g/mol. The van der Waals surface area contributed by atoms with E-state index in [2.05, 4.69) is 19.9 Å². The third kappa shape index (κ3) is 7.94. The zero-order valence-electron chi connectivity index (χ0n) is 23.6. The van der Waals surface area contributed by atoms with Gasteiger partial charge in [0.1, 0.15) is 11.9 Å². The summed E-state index contributed by atoms with van der Waals surface area (Å²) >= 11 is 0. The van der Waals surface area contributed by atoms with Crippen LogP contribution in [0.25, 0.3) is 0 Å². The summed E-state index contributed by atoms with van der Waals surface area (Å²) in [6.07, 6.45) is 23.3. The Bertz CT molecular complexity index is 1070. The van der Waals surface area contributed by atoms with E-state index in [1.165, 1.54) is 56.1 Å². The van der Waals surface area contributed by atoms with Crippen molar-refractivity contribution in [1.82, 2.24) is 0 Å². The number of Topliss-reactive ketones (excluding diaryl/α,β-unsaturated/α-hetero) is 1. The Balaban J connectivity index is 1.30. The van der Waals surface area contributed by atoms with Gasteiger partial charge in [-0.1, -0.05) is 70.6 Å². The maximum absolute atomic E-state index is 13.2. The quantitative estimate of drug-likeness (QED) is 0.322. The molecule has 0 bridgehead atoms. The lowest BCUT2D eigenvalue weighted by atomic mass is 9.86. The molecule has 206 valence electrons. The molecule has 38 heavy (non-hydrogen) atoms. The lowest BCUT2D eigenvalue weighted by Crippen LogP contribution is -2.23. The molecular formula is C34H47NO3. The van der Waals surface area contributed by atoms with Crippen molar-refractivity contribution < 1.29 is 14.3 Å². The number of benzene rings is 1. The van der Waals surface area contributed by atoms with Crippen LogP contribution in [0.3, 0.4) is 0 Å². The van der Waals surface area contributed by atoms with Gasteiger partial charge in [0.15, 0.2) is 5.78 Å². The van der Waals surface area contributed by atoms with Crippen LogP contribution in [0.15, 0.2) is 53.8 Å². The van der Waals surface area contributed by atoms with Crippen LogP contribution in [-0.4, -0.2) is 17.8 Å². The standard InChI is InChI=1S/C34H47NO3/c1-3-8-26-16-15-25(14-13-24(26)2)9-7-12-33(36)29-10-5-4-6-11-31(23-29)38-32-20-19-27-21-30(34(35)37)18-17-28(27)22-32/h4,6,11,17-18,21,23-26,32H,3,5,7-10,12-16,19-20,22H2,1-2H3,(H2,35,37). The maximum Gasteiger partial charge on any atom is 0.248 e. The fourth-order valence-corrected chi connectivity index (χ4v) is 6.66. The second-order valence-corrected chi connectivity index (χ2v) is 11.9. The van der Waals surface area contributed by atoms with Gasteiger partial charge < -0.3 is 10.5 Å². The minimum Gasteiger partial charge on any atom is -0.490 e. The van der Waals surface area contributed by atoms with Crippen LogP contribution in [0.2, 0.25) is 0 Å². The van der Waals surface area contributed by atoms with Crippen LogP contribution in [0.1, 0.15) is 112 Å². The topological polar surface area (TPSA) is 69.4 Å². The highest BCUT2D eigenvalue weighted by Gasteiger charge is 2.25. The van der Waals surface area contributed by atoms with E-state index >= 15 is 0 Å². The maximum atomic E-state index is 13.2. The number of hydrogen-bond acceptors (Lipinski definition) is 3. The molecule has 4 rings (SSSR count). The zero-order valence-corrected chi connectivity index (χ0v) is 23.6. The number of carbonyl (C=O) groups is 2. The molecule has 0 saturated heterocycles. The number of aryl methyl sites for hydroxylation is 1. The first-order valence-corrected chi connectivity index (χ1v) is 15.1. The van der Waals surface area contributed by atoms with Crippen LogP contribution >= 0.6 is 0 Å². The summed E-state index contributed by atoms with van der Waals surface area (Å²) in [5.41, 5.74) is 9.31. The first kappa shape index (κ1) is 28.4. The second kappa shape index (κ2) is 14.0. The van der Waals surface area contributed by atoms with Crippen molar-refractivity contribution >= 4 is 11.7 Å². The molecule has 3 aliphatic carbocycles. The number of ether oxygens (including phenoxy) is 1. The van der Waals surface area contributed by atoms with Gasteiger partial charge in [-0.2, -0.15) is 0 Å². The van der Waals surface area contributed by atoms with Crippen LogP contribution in [-0.2, 0) is 22.4 Å². The van der Waals surface area contributed by atoms with Crippen molar-refractivity contribution in [1.29, 1.82) is 0 Å². The summed E-state index contributed by atoms with van der Waals surface area (Å²) in [6, 6.07) is 5.72. The highest BCUT2D eigenvalue weighted by atomic mass is 16.5. The van der Waals surface area contributed by atoms with Crippen molar-refractivity contribution in [2.24, 2.45) is 23.5 Å². The molecule has 1 amide bonds. The minimum absolute atomic E-state index is 0.0581. The van der Waals surface area contributed by atoms with Gasteiger partial charge in [0, 0.05) is 18.4 Å². The van der Waals surface area contributed by atoms with Gasteiger partial charge in [0.25, 0.3) is 0 Å². The highest BCUT2D eigenvalue weighted by Crippen LogP contribution is 2.36. The SMILES string of the molecule is CCCC1CCC(CCCC(=O)C2=CC(OC3CCc4cc(C(N)=O)ccc4C3)=CC=CCC2)CCC1C. The van der Waals surface area contributed by atoms with E-state index in [-0.39, 0.29) is 17.8 Å². The van der Waals surface area contributed by atoms with Gasteiger partial charge in [0.2, 0.25) is 5.91 Å². The fourth-order valence-electron chi connectivity index (χ4n) is 6.66. The number of rotatable bonds is 10. The summed E-state index contributed by atoms with van der Waals surface area (Å²) in [6.45, 7) is 4.75. The van der Waals surface area contributed by atoms with Crippen molar-refractivity contribution in [3.63, 3.8) is 0 Å². The number of carbonyl (C=O) groups excluding carboxylic acids is 2. The molecule has 0 radical (unpaired) electrons.